The number of ether oxygens (including phenoxy) is 2. The van der Waals surface area contributed by atoms with Gasteiger partial charge >= 0.3 is 0 Å². The molecule has 3 aromatic rings. The van der Waals surface area contributed by atoms with E-state index >= 15 is 0 Å². The lowest BCUT2D eigenvalue weighted by molar-refractivity contribution is 0.0126. The molecule has 0 bridgehead atoms. The minimum atomic E-state index is -0.209. The van der Waals surface area contributed by atoms with Gasteiger partial charge in [0.1, 0.15) is 18.0 Å². The van der Waals surface area contributed by atoms with Gasteiger partial charge in [-0.2, -0.15) is 0 Å². The quantitative estimate of drug-likeness (QED) is 0.654. The van der Waals surface area contributed by atoms with Crippen LogP contribution in [0.4, 0.5) is 0 Å². The van der Waals surface area contributed by atoms with Gasteiger partial charge in [0.15, 0.2) is 0 Å². The molecule has 1 aliphatic rings. The van der Waals surface area contributed by atoms with Crippen LogP contribution in [0.1, 0.15) is 16.1 Å². The topological polar surface area (TPSA) is 107 Å². The first-order valence-corrected chi connectivity index (χ1v) is 9.23. The van der Waals surface area contributed by atoms with Gasteiger partial charge < -0.3 is 9.47 Å². The first-order chi connectivity index (χ1) is 14.2. The number of nitrogens with zero attached hydrogens (tertiary/aromatic N) is 6. The summed E-state index contributed by atoms with van der Waals surface area (Å²) in [5.41, 5.74) is 5.47. The molecule has 0 saturated carbocycles. The van der Waals surface area contributed by atoms with E-state index < -0.39 is 0 Å². The van der Waals surface area contributed by atoms with E-state index in [-0.39, 0.29) is 12.5 Å². The van der Waals surface area contributed by atoms with Gasteiger partial charge in [0.05, 0.1) is 24.5 Å². The Morgan fingerprint density at radius 2 is 2.07 bits per heavy atom. The molecule has 3 aromatic heterocycles. The van der Waals surface area contributed by atoms with Gasteiger partial charge in [-0.25, -0.2) is 14.7 Å². The third-order valence-electron chi connectivity index (χ3n) is 4.48. The number of morpholine rings is 1. The largest absolute Gasteiger partial charge is 0.471 e. The second-order valence-electron chi connectivity index (χ2n) is 6.44. The number of pyridine rings is 2. The van der Waals surface area contributed by atoms with Gasteiger partial charge in [-0.15, -0.1) is 5.10 Å². The van der Waals surface area contributed by atoms with Gasteiger partial charge in [0.2, 0.25) is 5.88 Å². The molecule has 1 amide bonds. The van der Waals surface area contributed by atoms with Crippen LogP contribution in [-0.2, 0) is 18.4 Å². The molecule has 1 N–H and O–H groups in total. The standard InChI is InChI=1S/C19H21N7O3/c1-25-16(18(22-24-25)15-4-2-3-7-20-15)13-29-17-6-5-14(12-21-17)19(27)23-26-8-10-28-11-9-26/h2-7,12H,8-11,13H2,1H3,(H,23,27). The fraction of sp³-hybridized carbons (Fsp3) is 0.316. The monoisotopic (exact) mass is 395 g/mol. The molecule has 150 valence electrons. The number of hydrogen-bond acceptors (Lipinski definition) is 8. The third kappa shape index (κ3) is 4.55. The number of aryl methyl sites for hydroxylation is 1. The van der Waals surface area contributed by atoms with Crippen LogP contribution < -0.4 is 10.2 Å². The lowest BCUT2D eigenvalue weighted by Crippen LogP contribution is -2.48. The van der Waals surface area contributed by atoms with E-state index in [1.54, 1.807) is 30.1 Å². The first kappa shape index (κ1) is 19.0. The molecule has 29 heavy (non-hydrogen) atoms. The van der Waals surface area contributed by atoms with Gasteiger partial charge in [0.25, 0.3) is 5.91 Å². The Morgan fingerprint density at radius 3 is 2.79 bits per heavy atom. The average molecular weight is 395 g/mol. The molecule has 0 atom stereocenters. The van der Waals surface area contributed by atoms with Crippen molar-refractivity contribution in [1.82, 2.24) is 35.4 Å². The fourth-order valence-corrected chi connectivity index (χ4v) is 2.87. The molecule has 1 fully saturated rings. The molecule has 10 nitrogen and oxygen atoms in total. The van der Waals surface area contributed by atoms with Crippen molar-refractivity contribution in [3.63, 3.8) is 0 Å². The Kier molecular flexibility index (Phi) is 5.73. The van der Waals surface area contributed by atoms with E-state index in [9.17, 15) is 4.79 Å². The predicted octanol–water partition coefficient (Wildman–Crippen LogP) is 0.828. The van der Waals surface area contributed by atoms with Crippen molar-refractivity contribution in [3.8, 4) is 17.3 Å². The van der Waals surface area contributed by atoms with Gasteiger partial charge in [0, 0.05) is 38.6 Å². The minimum absolute atomic E-state index is 0.209. The van der Waals surface area contributed by atoms with Crippen molar-refractivity contribution >= 4 is 5.91 Å². The van der Waals surface area contributed by atoms with Gasteiger partial charge in [-0.05, 0) is 18.2 Å². The van der Waals surface area contributed by atoms with E-state index in [0.29, 0.717) is 43.4 Å². The van der Waals surface area contributed by atoms with Gasteiger partial charge in [-0.3, -0.25) is 15.2 Å². The second kappa shape index (κ2) is 8.76. The summed E-state index contributed by atoms with van der Waals surface area (Å²) < 4.78 is 12.7. The highest BCUT2D eigenvalue weighted by Crippen LogP contribution is 2.19. The highest BCUT2D eigenvalue weighted by atomic mass is 16.5. The SMILES string of the molecule is Cn1nnc(-c2ccccn2)c1COc1ccc(C(=O)NN2CCOCC2)cn1. The summed E-state index contributed by atoms with van der Waals surface area (Å²) in [5.74, 6) is 0.195. The number of hydrazine groups is 1. The van der Waals surface area contributed by atoms with Crippen LogP contribution >= 0.6 is 0 Å². The Bertz CT molecular complexity index is 954. The Morgan fingerprint density at radius 1 is 1.21 bits per heavy atom. The van der Waals surface area contributed by atoms with Crippen LogP contribution in [0.15, 0.2) is 42.7 Å². The normalized spacial score (nSPS) is 14.5. The van der Waals surface area contributed by atoms with E-state index in [0.717, 1.165) is 11.4 Å². The number of nitrogens with one attached hydrogen (secondary N) is 1. The summed E-state index contributed by atoms with van der Waals surface area (Å²) in [5, 5.41) is 10.1. The summed E-state index contributed by atoms with van der Waals surface area (Å²) >= 11 is 0. The summed E-state index contributed by atoms with van der Waals surface area (Å²) in [6.45, 7) is 2.76. The maximum Gasteiger partial charge on any atom is 0.267 e. The molecule has 0 radical (unpaired) electrons. The molecule has 4 rings (SSSR count). The maximum atomic E-state index is 12.3. The van der Waals surface area contributed by atoms with Crippen molar-refractivity contribution in [3.05, 3.63) is 54.0 Å². The number of hydrogen-bond donors (Lipinski definition) is 1. The molecule has 0 spiro atoms. The smallest absolute Gasteiger partial charge is 0.267 e. The Labute approximate surface area is 167 Å². The Hall–Kier alpha value is -3.37. The Balaban J connectivity index is 1.39. The number of aromatic nitrogens is 5. The molecule has 0 aromatic carbocycles. The fourth-order valence-electron chi connectivity index (χ4n) is 2.87. The van der Waals surface area contributed by atoms with Crippen molar-refractivity contribution in [2.75, 3.05) is 26.3 Å². The highest BCUT2D eigenvalue weighted by molar-refractivity contribution is 5.93. The van der Waals surface area contributed by atoms with Crippen molar-refractivity contribution < 1.29 is 14.3 Å². The average Bonchev–Trinajstić information content (AvgIpc) is 3.14. The zero-order chi connectivity index (χ0) is 20.1. The minimum Gasteiger partial charge on any atom is -0.471 e. The molecule has 1 saturated heterocycles. The van der Waals surface area contributed by atoms with Crippen LogP contribution in [-0.4, -0.2) is 62.2 Å². The first-order valence-electron chi connectivity index (χ1n) is 9.23. The van der Waals surface area contributed by atoms with E-state index in [4.69, 9.17) is 9.47 Å². The zero-order valence-corrected chi connectivity index (χ0v) is 16.0. The highest BCUT2D eigenvalue weighted by Gasteiger charge is 2.16. The molecule has 1 aliphatic heterocycles. The lowest BCUT2D eigenvalue weighted by Gasteiger charge is -2.26. The zero-order valence-electron chi connectivity index (χ0n) is 16.0. The van der Waals surface area contributed by atoms with Gasteiger partial charge in [-0.1, -0.05) is 11.3 Å². The summed E-state index contributed by atoms with van der Waals surface area (Å²) in [4.78, 5) is 20.9. The van der Waals surface area contributed by atoms with E-state index in [2.05, 4.69) is 25.7 Å². The van der Waals surface area contributed by atoms with E-state index in [1.165, 1.54) is 6.20 Å². The number of carbonyl (C=O) groups excluding carboxylic acids is 1. The molecule has 4 heterocycles. The third-order valence-corrected chi connectivity index (χ3v) is 4.48. The maximum absolute atomic E-state index is 12.3. The molecule has 10 heteroatoms. The van der Waals surface area contributed by atoms with Crippen LogP contribution in [0, 0.1) is 0 Å². The molecule has 0 unspecified atom stereocenters. The van der Waals surface area contributed by atoms with Crippen LogP contribution in [0.3, 0.4) is 0 Å². The summed E-state index contributed by atoms with van der Waals surface area (Å²) in [6, 6.07) is 8.95. The van der Waals surface area contributed by atoms with Crippen molar-refractivity contribution in [2.24, 2.45) is 7.05 Å². The number of rotatable bonds is 6. The van der Waals surface area contributed by atoms with Crippen molar-refractivity contribution in [1.29, 1.82) is 0 Å². The second-order valence-corrected chi connectivity index (χ2v) is 6.44. The van der Waals surface area contributed by atoms with E-state index in [1.807, 2.05) is 23.2 Å². The predicted molar refractivity (Wildman–Crippen MR) is 103 cm³/mol. The van der Waals surface area contributed by atoms with Crippen LogP contribution in [0.2, 0.25) is 0 Å². The lowest BCUT2D eigenvalue weighted by atomic mass is 10.2. The molecular formula is C19H21N7O3. The van der Waals surface area contributed by atoms with Crippen molar-refractivity contribution in [2.45, 2.75) is 6.61 Å². The van der Waals surface area contributed by atoms with Crippen LogP contribution in [0.25, 0.3) is 11.4 Å². The number of amides is 1. The van der Waals surface area contributed by atoms with Crippen LogP contribution in [0.5, 0.6) is 5.88 Å². The molecule has 0 aliphatic carbocycles. The number of carbonyl (C=O) groups is 1. The summed E-state index contributed by atoms with van der Waals surface area (Å²) in [7, 11) is 1.80. The summed E-state index contributed by atoms with van der Waals surface area (Å²) in [6.07, 6.45) is 3.20. The molecular weight excluding hydrogens is 374 g/mol.